The van der Waals surface area contributed by atoms with Crippen LogP contribution in [0.15, 0.2) is 11.5 Å². The molecule has 0 aliphatic heterocycles. The summed E-state index contributed by atoms with van der Waals surface area (Å²) in [5.41, 5.74) is 0.816. The van der Waals surface area contributed by atoms with Gasteiger partial charge >= 0.3 is 7.12 Å². The van der Waals surface area contributed by atoms with Gasteiger partial charge in [-0.05, 0) is 30.7 Å². The quantitative estimate of drug-likeness (QED) is 0.523. The Labute approximate surface area is 87.2 Å². The van der Waals surface area contributed by atoms with Gasteiger partial charge in [0.1, 0.15) is 0 Å². The summed E-state index contributed by atoms with van der Waals surface area (Å²) >= 11 is 0. The van der Waals surface area contributed by atoms with E-state index >= 15 is 0 Å². The molecule has 0 aromatic heterocycles. The van der Waals surface area contributed by atoms with Crippen LogP contribution in [0.5, 0.6) is 0 Å². The maximum atomic E-state index is 8.96. The van der Waals surface area contributed by atoms with Crippen LogP contribution < -0.4 is 0 Å². The zero-order valence-corrected chi connectivity index (χ0v) is 9.08. The summed E-state index contributed by atoms with van der Waals surface area (Å²) in [5.74, 6) is 0.782. The van der Waals surface area contributed by atoms with E-state index in [4.69, 9.17) is 10.0 Å². The molecule has 0 saturated carbocycles. The zero-order valence-electron chi connectivity index (χ0n) is 9.08. The molecule has 1 rings (SSSR count). The van der Waals surface area contributed by atoms with Gasteiger partial charge in [0, 0.05) is 0 Å². The normalized spacial score (nSPS) is 21.9. The van der Waals surface area contributed by atoms with E-state index in [9.17, 15) is 0 Å². The average molecular weight is 196 g/mol. The maximum absolute atomic E-state index is 8.96. The summed E-state index contributed by atoms with van der Waals surface area (Å²) in [6.45, 7) is 2.22. The molecule has 1 unspecified atom stereocenters. The molecule has 0 saturated heterocycles. The predicted octanol–water partition coefficient (Wildman–Crippen LogP) is 2.31. The first-order valence-corrected chi connectivity index (χ1v) is 5.79. The molecular formula is C11H21BO2. The van der Waals surface area contributed by atoms with Crippen LogP contribution in [0.2, 0.25) is 0 Å². The summed E-state index contributed by atoms with van der Waals surface area (Å²) in [7, 11) is -1.22. The van der Waals surface area contributed by atoms with Crippen LogP contribution in [-0.4, -0.2) is 17.2 Å². The molecule has 80 valence electrons. The minimum Gasteiger partial charge on any atom is -0.423 e. The summed E-state index contributed by atoms with van der Waals surface area (Å²) in [4.78, 5) is 0. The smallest absolute Gasteiger partial charge is 0.423 e. The van der Waals surface area contributed by atoms with Crippen LogP contribution >= 0.6 is 0 Å². The second kappa shape index (κ2) is 6.25. The molecule has 0 fully saturated rings. The lowest BCUT2D eigenvalue weighted by atomic mass is 9.71. The van der Waals surface area contributed by atoms with Crippen LogP contribution in [0.3, 0.4) is 0 Å². The van der Waals surface area contributed by atoms with Gasteiger partial charge in [-0.25, -0.2) is 0 Å². The van der Waals surface area contributed by atoms with E-state index in [-0.39, 0.29) is 0 Å². The maximum Gasteiger partial charge on any atom is 0.483 e. The second-order valence-corrected chi connectivity index (χ2v) is 4.29. The van der Waals surface area contributed by atoms with E-state index in [1.165, 1.54) is 25.7 Å². The van der Waals surface area contributed by atoms with Gasteiger partial charge < -0.3 is 10.0 Å². The van der Waals surface area contributed by atoms with Crippen molar-refractivity contribution in [3.63, 3.8) is 0 Å². The Morgan fingerprint density at radius 1 is 1.43 bits per heavy atom. The standard InChI is InChI=1S/C11H21BO2/c1-2-3-4-5-10-6-8-11(9-7-10)12(13)14/h8,10,13-14H,2-7,9H2,1H3. The Hall–Kier alpha value is -0.275. The van der Waals surface area contributed by atoms with Gasteiger partial charge in [0.05, 0.1) is 0 Å². The van der Waals surface area contributed by atoms with E-state index < -0.39 is 7.12 Å². The molecular weight excluding hydrogens is 175 g/mol. The highest BCUT2D eigenvalue weighted by Crippen LogP contribution is 2.27. The Kier molecular flexibility index (Phi) is 5.27. The molecule has 0 heterocycles. The van der Waals surface area contributed by atoms with Gasteiger partial charge in [-0.2, -0.15) is 0 Å². The lowest BCUT2D eigenvalue weighted by Gasteiger charge is -2.21. The van der Waals surface area contributed by atoms with Gasteiger partial charge in [-0.1, -0.05) is 38.7 Å². The molecule has 1 aliphatic carbocycles. The minimum absolute atomic E-state index is 0.782. The topological polar surface area (TPSA) is 40.5 Å². The van der Waals surface area contributed by atoms with E-state index in [1.54, 1.807) is 0 Å². The molecule has 3 heteroatoms. The summed E-state index contributed by atoms with van der Waals surface area (Å²) < 4.78 is 0. The monoisotopic (exact) mass is 196 g/mol. The first kappa shape index (κ1) is 11.8. The highest BCUT2D eigenvalue weighted by molar-refractivity contribution is 6.50. The van der Waals surface area contributed by atoms with Gasteiger partial charge in [-0.15, -0.1) is 0 Å². The van der Waals surface area contributed by atoms with Gasteiger partial charge in [0.15, 0.2) is 0 Å². The number of rotatable bonds is 5. The van der Waals surface area contributed by atoms with E-state index in [2.05, 4.69) is 6.92 Å². The molecule has 2 nitrogen and oxygen atoms in total. The Morgan fingerprint density at radius 3 is 2.71 bits per heavy atom. The molecule has 0 bridgehead atoms. The fourth-order valence-corrected chi connectivity index (χ4v) is 2.09. The van der Waals surface area contributed by atoms with Crippen molar-refractivity contribution < 1.29 is 10.0 Å². The van der Waals surface area contributed by atoms with Crippen LogP contribution in [0.4, 0.5) is 0 Å². The lowest BCUT2D eigenvalue weighted by Crippen LogP contribution is -2.19. The first-order chi connectivity index (χ1) is 6.74. The summed E-state index contributed by atoms with van der Waals surface area (Å²) in [5, 5.41) is 17.9. The number of hydrogen-bond acceptors (Lipinski definition) is 2. The highest BCUT2D eigenvalue weighted by Gasteiger charge is 2.20. The van der Waals surface area contributed by atoms with Crippen LogP contribution in [0.1, 0.15) is 51.9 Å². The SMILES string of the molecule is CCCCCC1CC=C(B(O)O)CC1. The molecule has 0 aromatic carbocycles. The van der Waals surface area contributed by atoms with E-state index in [1.807, 2.05) is 6.08 Å². The number of unbranched alkanes of at least 4 members (excludes halogenated alkanes) is 2. The van der Waals surface area contributed by atoms with Crippen molar-refractivity contribution in [2.75, 3.05) is 0 Å². The van der Waals surface area contributed by atoms with Crippen LogP contribution in [0, 0.1) is 5.92 Å². The van der Waals surface area contributed by atoms with Crippen molar-refractivity contribution in [1.29, 1.82) is 0 Å². The molecule has 14 heavy (non-hydrogen) atoms. The third kappa shape index (κ3) is 3.85. The number of allylic oxidation sites excluding steroid dienone is 2. The fraction of sp³-hybridized carbons (Fsp3) is 0.818. The molecule has 0 spiro atoms. The second-order valence-electron chi connectivity index (χ2n) is 4.29. The van der Waals surface area contributed by atoms with Gasteiger partial charge in [0.2, 0.25) is 0 Å². The van der Waals surface area contributed by atoms with Gasteiger partial charge in [0.25, 0.3) is 0 Å². The van der Waals surface area contributed by atoms with Crippen LogP contribution in [-0.2, 0) is 0 Å². The fourth-order valence-electron chi connectivity index (χ4n) is 2.09. The largest absolute Gasteiger partial charge is 0.483 e. The third-order valence-corrected chi connectivity index (χ3v) is 3.10. The molecule has 1 atom stereocenters. The summed E-state index contributed by atoms with van der Waals surface area (Å²) in [6, 6.07) is 0. The van der Waals surface area contributed by atoms with E-state index in [0.29, 0.717) is 0 Å². The van der Waals surface area contributed by atoms with Crippen molar-refractivity contribution in [3.8, 4) is 0 Å². The molecule has 0 aromatic rings. The van der Waals surface area contributed by atoms with E-state index in [0.717, 1.165) is 30.7 Å². The summed E-state index contributed by atoms with van der Waals surface area (Å²) in [6.07, 6.45) is 10.3. The van der Waals surface area contributed by atoms with Crippen molar-refractivity contribution in [3.05, 3.63) is 11.5 Å². The molecule has 2 N–H and O–H groups in total. The highest BCUT2D eigenvalue weighted by atomic mass is 16.4. The lowest BCUT2D eigenvalue weighted by molar-refractivity contribution is 0.391. The molecule has 0 amide bonds. The molecule has 1 aliphatic rings. The zero-order chi connectivity index (χ0) is 10.4. The van der Waals surface area contributed by atoms with Crippen molar-refractivity contribution in [2.24, 2.45) is 5.92 Å². The van der Waals surface area contributed by atoms with Crippen LogP contribution in [0.25, 0.3) is 0 Å². The molecule has 0 radical (unpaired) electrons. The van der Waals surface area contributed by atoms with Gasteiger partial charge in [-0.3, -0.25) is 0 Å². The first-order valence-electron chi connectivity index (χ1n) is 5.79. The third-order valence-electron chi connectivity index (χ3n) is 3.10. The van der Waals surface area contributed by atoms with Crippen molar-refractivity contribution in [2.45, 2.75) is 51.9 Å². The Morgan fingerprint density at radius 2 is 2.21 bits per heavy atom. The minimum atomic E-state index is -1.22. The Bertz CT molecular complexity index is 190. The van der Waals surface area contributed by atoms with Crippen molar-refractivity contribution >= 4 is 7.12 Å². The predicted molar refractivity (Wildman–Crippen MR) is 59.8 cm³/mol. The average Bonchev–Trinajstić information content (AvgIpc) is 2.19. The van der Waals surface area contributed by atoms with Crippen molar-refractivity contribution in [1.82, 2.24) is 0 Å². The number of hydrogen-bond donors (Lipinski definition) is 2. The Balaban J connectivity index is 2.21.